The lowest BCUT2D eigenvalue weighted by Gasteiger charge is -2.47. The number of hydrogen-bond donors (Lipinski definition) is 2. The second kappa shape index (κ2) is 9.95. The highest BCUT2D eigenvalue weighted by molar-refractivity contribution is 7.11. The Bertz CT molecular complexity index is 1030. The third kappa shape index (κ3) is 4.36. The molecule has 1 amide bonds. The second-order valence-electron chi connectivity index (χ2n) is 11.4. The summed E-state index contributed by atoms with van der Waals surface area (Å²) < 4.78 is 0. The molecule has 6 rings (SSSR count). The Labute approximate surface area is 214 Å². The van der Waals surface area contributed by atoms with Crippen molar-refractivity contribution in [3.8, 4) is 0 Å². The minimum Gasteiger partial charge on any atom is -0.339 e. The van der Waals surface area contributed by atoms with Gasteiger partial charge in [0.2, 0.25) is 5.91 Å². The summed E-state index contributed by atoms with van der Waals surface area (Å²) in [6.07, 6.45) is 9.79. The Hall–Kier alpha value is -1.76. The van der Waals surface area contributed by atoms with Gasteiger partial charge >= 0.3 is 0 Å². The number of aromatic nitrogens is 1. The van der Waals surface area contributed by atoms with Gasteiger partial charge in [-0.25, -0.2) is 4.98 Å². The molecule has 4 heterocycles. The van der Waals surface area contributed by atoms with Gasteiger partial charge in [-0.1, -0.05) is 49.6 Å². The van der Waals surface area contributed by atoms with Crippen LogP contribution in [0.3, 0.4) is 0 Å². The Kier molecular flexibility index (Phi) is 6.72. The van der Waals surface area contributed by atoms with Crippen LogP contribution >= 0.6 is 11.3 Å². The normalized spacial score (nSPS) is 31.9. The monoisotopic (exact) mass is 492 g/mol. The van der Waals surface area contributed by atoms with E-state index in [1.165, 1.54) is 48.2 Å². The third-order valence-corrected chi connectivity index (χ3v) is 10.7. The summed E-state index contributed by atoms with van der Waals surface area (Å²) in [7, 11) is 0. The first kappa shape index (κ1) is 23.6. The van der Waals surface area contributed by atoms with E-state index in [0.717, 1.165) is 57.0 Å². The van der Waals surface area contributed by atoms with E-state index < -0.39 is 0 Å². The molecule has 1 aliphatic carbocycles. The van der Waals surface area contributed by atoms with Crippen LogP contribution in [0.2, 0.25) is 0 Å². The van der Waals surface area contributed by atoms with Crippen LogP contribution in [0.1, 0.15) is 78.4 Å². The van der Waals surface area contributed by atoms with Crippen molar-refractivity contribution in [1.29, 1.82) is 0 Å². The molecule has 4 atom stereocenters. The molecular formula is C29H40N4OS. The molecule has 1 saturated carbocycles. The number of hydrogen-bond acceptors (Lipinski definition) is 5. The Morgan fingerprint density at radius 1 is 1.11 bits per heavy atom. The summed E-state index contributed by atoms with van der Waals surface area (Å²) in [5.41, 5.74) is 2.52. The maximum atomic E-state index is 14.5. The Morgan fingerprint density at radius 2 is 1.94 bits per heavy atom. The van der Waals surface area contributed by atoms with Crippen LogP contribution in [0, 0.1) is 18.8 Å². The number of carbonyl (C=O) groups excluding carboxylic acids is 1. The fourth-order valence-electron chi connectivity index (χ4n) is 7.66. The molecule has 2 N–H and O–H groups in total. The van der Waals surface area contributed by atoms with Gasteiger partial charge in [-0.2, -0.15) is 0 Å². The van der Waals surface area contributed by atoms with Gasteiger partial charge in [0, 0.05) is 42.5 Å². The highest BCUT2D eigenvalue weighted by Crippen LogP contribution is 2.47. The van der Waals surface area contributed by atoms with Crippen molar-refractivity contribution in [3.05, 3.63) is 51.5 Å². The Balaban J connectivity index is 1.31. The quantitative estimate of drug-likeness (QED) is 0.649. The lowest BCUT2D eigenvalue weighted by Crippen LogP contribution is -2.54. The SMILES string of the molecule is Cc1nc2c(s1)[C@]1(CCNC2)CNCC1C(=O)N1CC[C@@H](c2ccccc2)C[C@H]1C1CCCCC1. The van der Waals surface area contributed by atoms with E-state index in [0.29, 0.717) is 23.8 Å². The van der Waals surface area contributed by atoms with Gasteiger partial charge in [-0.15, -0.1) is 11.3 Å². The highest BCUT2D eigenvalue weighted by atomic mass is 32.1. The van der Waals surface area contributed by atoms with Crippen molar-refractivity contribution in [2.24, 2.45) is 11.8 Å². The fraction of sp³-hybridized carbons (Fsp3) is 0.655. The number of rotatable bonds is 3. The van der Waals surface area contributed by atoms with Crippen LogP contribution in [0.25, 0.3) is 0 Å². The summed E-state index contributed by atoms with van der Waals surface area (Å²) in [4.78, 5) is 23.2. The summed E-state index contributed by atoms with van der Waals surface area (Å²) in [6.45, 7) is 6.49. The lowest BCUT2D eigenvalue weighted by atomic mass is 9.71. The van der Waals surface area contributed by atoms with Crippen molar-refractivity contribution in [2.75, 3.05) is 26.2 Å². The molecule has 1 spiro atoms. The smallest absolute Gasteiger partial charge is 0.228 e. The van der Waals surface area contributed by atoms with Crippen LogP contribution in [-0.4, -0.2) is 48.0 Å². The number of thiazole rings is 1. The number of carbonyl (C=O) groups is 1. The first-order chi connectivity index (χ1) is 17.2. The molecule has 1 unspecified atom stereocenters. The average Bonchev–Trinajstić information content (AvgIpc) is 3.46. The van der Waals surface area contributed by atoms with Gasteiger partial charge < -0.3 is 15.5 Å². The van der Waals surface area contributed by atoms with Gasteiger partial charge in [0.1, 0.15) is 0 Å². The van der Waals surface area contributed by atoms with Crippen molar-refractivity contribution in [2.45, 2.75) is 82.2 Å². The van der Waals surface area contributed by atoms with Crippen LogP contribution in [-0.2, 0) is 16.8 Å². The second-order valence-corrected chi connectivity index (χ2v) is 12.6. The number of piperidine rings is 1. The predicted molar refractivity (Wildman–Crippen MR) is 142 cm³/mol. The van der Waals surface area contributed by atoms with Gasteiger partial charge in [-0.05, 0) is 63.0 Å². The van der Waals surface area contributed by atoms with Crippen LogP contribution in [0.15, 0.2) is 30.3 Å². The lowest BCUT2D eigenvalue weighted by molar-refractivity contribution is -0.142. The molecule has 2 aromatic rings. The highest BCUT2D eigenvalue weighted by Gasteiger charge is 2.53. The topological polar surface area (TPSA) is 57.3 Å². The van der Waals surface area contributed by atoms with Crippen molar-refractivity contribution in [3.63, 3.8) is 0 Å². The minimum atomic E-state index is -0.116. The van der Waals surface area contributed by atoms with Gasteiger partial charge in [0.15, 0.2) is 0 Å². The summed E-state index contributed by atoms with van der Waals surface area (Å²) in [5.74, 6) is 1.65. The average molecular weight is 493 g/mol. The molecule has 3 aliphatic heterocycles. The van der Waals surface area contributed by atoms with Crippen LogP contribution in [0.5, 0.6) is 0 Å². The van der Waals surface area contributed by atoms with Crippen molar-refractivity contribution < 1.29 is 4.79 Å². The van der Waals surface area contributed by atoms with Crippen molar-refractivity contribution >= 4 is 17.2 Å². The third-order valence-electron chi connectivity index (χ3n) is 9.44. The first-order valence-corrected chi connectivity index (χ1v) is 14.7. The maximum absolute atomic E-state index is 14.5. The molecule has 2 saturated heterocycles. The van der Waals surface area contributed by atoms with E-state index in [2.05, 4.69) is 52.8 Å². The zero-order valence-corrected chi connectivity index (χ0v) is 21.9. The van der Waals surface area contributed by atoms with Gasteiger partial charge in [0.25, 0.3) is 0 Å². The number of nitrogens with zero attached hydrogens (tertiary/aromatic N) is 2. The van der Waals surface area contributed by atoms with Gasteiger partial charge in [-0.3, -0.25) is 4.79 Å². The number of likely N-dealkylation sites (tertiary alicyclic amines) is 1. The fourth-order valence-corrected chi connectivity index (χ4v) is 8.87. The first-order valence-electron chi connectivity index (χ1n) is 13.9. The van der Waals surface area contributed by atoms with E-state index in [-0.39, 0.29) is 11.3 Å². The van der Waals surface area contributed by atoms with E-state index in [9.17, 15) is 4.79 Å². The molecule has 6 heteroatoms. The van der Waals surface area contributed by atoms with Crippen LogP contribution < -0.4 is 10.6 Å². The molecule has 3 fully saturated rings. The molecule has 5 nitrogen and oxygen atoms in total. The minimum absolute atomic E-state index is 0.0142. The largest absolute Gasteiger partial charge is 0.339 e. The number of fused-ring (bicyclic) bond motifs is 2. The zero-order chi connectivity index (χ0) is 23.8. The number of aryl methyl sites for hydroxylation is 1. The summed E-state index contributed by atoms with van der Waals surface area (Å²) >= 11 is 1.83. The molecule has 0 radical (unpaired) electrons. The van der Waals surface area contributed by atoms with E-state index in [1.54, 1.807) is 0 Å². The number of amides is 1. The molecule has 4 aliphatic rings. The molecule has 35 heavy (non-hydrogen) atoms. The van der Waals surface area contributed by atoms with Gasteiger partial charge in [0.05, 0.1) is 16.6 Å². The maximum Gasteiger partial charge on any atom is 0.228 e. The zero-order valence-electron chi connectivity index (χ0n) is 21.1. The summed E-state index contributed by atoms with van der Waals surface area (Å²) in [5, 5.41) is 8.37. The molecular weight excluding hydrogens is 452 g/mol. The number of benzene rings is 1. The summed E-state index contributed by atoms with van der Waals surface area (Å²) in [6, 6.07) is 11.4. The van der Waals surface area contributed by atoms with Crippen molar-refractivity contribution in [1.82, 2.24) is 20.5 Å². The molecule has 1 aromatic heterocycles. The van der Waals surface area contributed by atoms with E-state index >= 15 is 0 Å². The molecule has 188 valence electrons. The molecule has 0 bridgehead atoms. The molecule has 1 aromatic carbocycles. The standard InChI is InChI=1S/C29H40N4OS/c1-20-32-25-18-30-14-13-29(27(25)35-20)19-31-17-24(29)28(34)33-15-12-23(21-8-4-2-5-9-21)16-26(33)22-10-6-3-7-11-22/h2,4-5,8-9,22-24,26,30-31H,3,6-7,10-19H2,1H3/t23-,24?,26+,29-/m1/s1. The van der Waals surface area contributed by atoms with Crippen LogP contribution in [0.4, 0.5) is 0 Å². The van der Waals surface area contributed by atoms with E-state index in [1.807, 2.05) is 11.3 Å². The number of nitrogens with one attached hydrogen (secondary N) is 2. The van der Waals surface area contributed by atoms with E-state index in [4.69, 9.17) is 4.98 Å². The Morgan fingerprint density at radius 3 is 2.77 bits per heavy atom. The predicted octanol–water partition coefficient (Wildman–Crippen LogP) is 4.76.